The molecular formula is C14H21ClN2O3S. The zero-order valence-corrected chi connectivity index (χ0v) is 14.1. The first kappa shape index (κ1) is 17.9. The Bertz CT molecular complexity index is 545. The number of carboxylic acid groups (broad SMARTS) is 1. The van der Waals surface area contributed by atoms with Crippen molar-refractivity contribution in [3.05, 3.63) is 16.0 Å². The predicted molar refractivity (Wildman–Crippen MR) is 86.6 cm³/mol. The number of aryl methyl sites for hydroxylation is 1. The number of thiophene rings is 1. The first-order chi connectivity index (χ1) is 9.38. The van der Waals surface area contributed by atoms with Crippen molar-refractivity contribution in [3.8, 4) is 0 Å². The molecule has 1 saturated heterocycles. The summed E-state index contributed by atoms with van der Waals surface area (Å²) in [7, 11) is 0. The van der Waals surface area contributed by atoms with E-state index in [1.165, 1.54) is 10.4 Å². The molecule has 1 amide bonds. The molecule has 0 spiro atoms. The SMILES string of the molecule is Cc1sc(NC(=O)CN2CCC(C(=O)O)C2)c(C)c1C.Cl. The molecule has 0 bridgehead atoms. The lowest BCUT2D eigenvalue weighted by molar-refractivity contribution is -0.141. The Kier molecular flexibility index (Phi) is 6.19. The molecule has 1 aromatic rings. The third kappa shape index (κ3) is 4.18. The molecule has 1 unspecified atom stereocenters. The average Bonchev–Trinajstić information content (AvgIpc) is 2.92. The average molecular weight is 333 g/mol. The van der Waals surface area contributed by atoms with Crippen LogP contribution in [0, 0.1) is 26.7 Å². The fraction of sp³-hybridized carbons (Fsp3) is 0.571. The normalized spacial score (nSPS) is 18.3. The van der Waals surface area contributed by atoms with Crippen LogP contribution in [0.15, 0.2) is 0 Å². The molecule has 2 rings (SSSR count). The molecule has 2 heterocycles. The van der Waals surface area contributed by atoms with E-state index in [0.29, 0.717) is 19.5 Å². The summed E-state index contributed by atoms with van der Waals surface area (Å²) in [4.78, 5) is 26.0. The number of anilines is 1. The third-order valence-corrected chi connectivity index (χ3v) is 5.15. The molecule has 118 valence electrons. The van der Waals surface area contributed by atoms with Crippen LogP contribution in [0.5, 0.6) is 0 Å². The fourth-order valence-corrected chi connectivity index (χ4v) is 3.49. The van der Waals surface area contributed by atoms with Crippen LogP contribution in [-0.2, 0) is 9.59 Å². The molecule has 1 aromatic heterocycles. The highest BCUT2D eigenvalue weighted by molar-refractivity contribution is 7.16. The van der Waals surface area contributed by atoms with E-state index < -0.39 is 5.97 Å². The summed E-state index contributed by atoms with van der Waals surface area (Å²) in [6.07, 6.45) is 0.624. The van der Waals surface area contributed by atoms with E-state index in [1.807, 2.05) is 18.7 Å². The Balaban J connectivity index is 0.00000220. The molecule has 1 fully saturated rings. The minimum absolute atomic E-state index is 0. The number of halogens is 1. The third-order valence-electron chi connectivity index (χ3n) is 3.93. The van der Waals surface area contributed by atoms with Gasteiger partial charge in [0.05, 0.1) is 17.5 Å². The van der Waals surface area contributed by atoms with E-state index in [4.69, 9.17) is 5.11 Å². The van der Waals surface area contributed by atoms with Gasteiger partial charge in [-0.25, -0.2) is 0 Å². The van der Waals surface area contributed by atoms with E-state index in [9.17, 15) is 9.59 Å². The van der Waals surface area contributed by atoms with E-state index >= 15 is 0 Å². The Hall–Kier alpha value is -1.11. The number of hydrogen-bond acceptors (Lipinski definition) is 4. The number of nitrogens with zero attached hydrogens (tertiary/aromatic N) is 1. The van der Waals surface area contributed by atoms with E-state index in [0.717, 1.165) is 10.6 Å². The van der Waals surface area contributed by atoms with Crippen molar-refractivity contribution in [1.82, 2.24) is 4.90 Å². The van der Waals surface area contributed by atoms with E-state index in [-0.39, 0.29) is 30.8 Å². The molecule has 2 N–H and O–H groups in total. The monoisotopic (exact) mass is 332 g/mol. The summed E-state index contributed by atoms with van der Waals surface area (Å²) in [5, 5.41) is 12.8. The number of carbonyl (C=O) groups excluding carboxylic acids is 1. The van der Waals surface area contributed by atoms with Crippen molar-refractivity contribution in [1.29, 1.82) is 0 Å². The predicted octanol–water partition coefficient (Wildman–Crippen LogP) is 2.44. The van der Waals surface area contributed by atoms with Crippen LogP contribution in [0.1, 0.15) is 22.4 Å². The van der Waals surface area contributed by atoms with Crippen molar-refractivity contribution in [2.45, 2.75) is 27.2 Å². The van der Waals surface area contributed by atoms with Gasteiger partial charge in [-0.1, -0.05) is 0 Å². The minimum Gasteiger partial charge on any atom is -0.481 e. The first-order valence-electron chi connectivity index (χ1n) is 6.70. The molecular weight excluding hydrogens is 312 g/mol. The molecule has 0 saturated carbocycles. The Morgan fingerprint density at radius 2 is 2.00 bits per heavy atom. The van der Waals surface area contributed by atoms with Gasteiger partial charge in [-0.3, -0.25) is 14.5 Å². The molecule has 1 aliphatic heterocycles. The zero-order valence-electron chi connectivity index (χ0n) is 12.4. The number of nitrogens with one attached hydrogen (secondary N) is 1. The highest BCUT2D eigenvalue weighted by atomic mass is 35.5. The van der Waals surface area contributed by atoms with Crippen molar-refractivity contribution < 1.29 is 14.7 Å². The van der Waals surface area contributed by atoms with Crippen molar-refractivity contribution in [2.24, 2.45) is 5.92 Å². The number of aliphatic carboxylic acids is 1. The van der Waals surface area contributed by atoms with Gasteiger partial charge in [0, 0.05) is 11.4 Å². The van der Waals surface area contributed by atoms with Crippen LogP contribution in [0.4, 0.5) is 5.00 Å². The largest absolute Gasteiger partial charge is 0.481 e. The molecule has 7 heteroatoms. The van der Waals surface area contributed by atoms with E-state index in [1.54, 1.807) is 11.3 Å². The summed E-state index contributed by atoms with van der Waals surface area (Å²) >= 11 is 1.59. The molecule has 21 heavy (non-hydrogen) atoms. The summed E-state index contributed by atoms with van der Waals surface area (Å²) in [6.45, 7) is 7.50. The molecule has 1 aliphatic rings. The summed E-state index contributed by atoms with van der Waals surface area (Å²) in [6, 6.07) is 0. The Morgan fingerprint density at radius 1 is 1.33 bits per heavy atom. The lowest BCUT2D eigenvalue weighted by atomic mass is 10.1. The number of likely N-dealkylation sites (tertiary alicyclic amines) is 1. The van der Waals surface area contributed by atoms with Crippen LogP contribution in [0.25, 0.3) is 0 Å². The molecule has 5 nitrogen and oxygen atoms in total. The second-order valence-electron chi connectivity index (χ2n) is 5.34. The second-order valence-corrected chi connectivity index (χ2v) is 6.57. The van der Waals surface area contributed by atoms with Gasteiger partial charge in [0.15, 0.2) is 0 Å². The fourth-order valence-electron chi connectivity index (χ4n) is 2.41. The highest BCUT2D eigenvalue weighted by Gasteiger charge is 2.29. The first-order valence-corrected chi connectivity index (χ1v) is 7.51. The van der Waals surface area contributed by atoms with Crippen molar-refractivity contribution in [2.75, 3.05) is 25.0 Å². The highest BCUT2D eigenvalue weighted by Crippen LogP contribution is 2.31. The number of hydrogen-bond donors (Lipinski definition) is 2. The van der Waals surface area contributed by atoms with Gasteiger partial charge in [0.2, 0.25) is 5.91 Å². The smallest absolute Gasteiger partial charge is 0.307 e. The Labute approximate surface area is 134 Å². The van der Waals surface area contributed by atoms with E-state index in [2.05, 4.69) is 12.2 Å². The Morgan fingerprint density at radius 3 is 2.48 bits per heavy atom. The number of amides is 1. The molecule has 0 radical (unpaired) electrons. The van der Waals surface area contributed by atoms with Crippen LogP contribution >= 0.6 is 23.7 Å². The molecule has 0 aromatic carbocycles. The van der Waals surface area contributed by atoms with Crippen molar-refractivity contribution in [3.63, 3.8) is 0 Å². The second kappa shape index (κ2) is 7.24. The maximum Gasteiger partial charge on any atom is 0.307 e. The van der Waals surface area contributed by atoms with Gasteiger partial charge in [0.25, 0.3) is 0 Å². The van der Waals surface area contributed by atoms with Crippen LogP contribution in [-0.4, -0.2) is 41.5 Å². The number of carboxylic acids is 1. The minimum atomic E-state index is -0.770. The maximum absolute atomic E-state index is 12.0. The molecule has 0 aliphatic carbocycles. The summed E-state index contributed by atoms with van der Waals surface area (Å²) < 4.78 is 0. The van der Waals surface area contributed by atoms with Gasteiger partial charge >= 0.3 is 5.97 Å². The molecule has 1 atom stereocenters. The topological polar surface area (TPSA) is 69.6 Å². The van der Waals surface area contributed by atoms with Gasteiger partial charge in [-0.05, 0) is 44.9 Å². The van der Waals surface area contributed by atoms with Gasteiger partial charge < -0.3 is 10.4 Å². The van der Waals surface area contributed by atoms with Crippen LogP contribution < -0.4 is 5.32 Å². The van der Waals surface area contributed by atoms with Gasteiger partial charge in [-0.15, -0.1) is 23.7 Å². The summed E-state index contributed by atoms with van der Waals surface area (Å²) in [5.74, 6) is -1.18. The van der Waals surface area contributed by atoms with Gasteiger partial charge in [-0.2, -0.15) is 0 Å². The lowest BCUT2D eigenvalue weighted by Crippen LogP contribution is -2.32. The van der Waals surface area contributed by atoms with Gasteiger partial charge in [0.1, 0.15) is 0 Å². The maximum atomic E-state index is 12.0. The lowest BCUT2D eigenvalue weighted by Gasteiger charge is -2.14. The van der Waals surface area contributed by atoms with Crippen LogP contribution in [0.2, 0.25) is 0 Å². The standard InChI is InChI=1S/C14H20N2O3S.ClH/c1-8-9(2)13(20-10(8)3)15-12(17)7-16-5-4-11(6-16)14(18)19;/h11H,4-7H2,1-3H3,(H,15,17)(H,18,19);1H. The quantitative estimate of drug-likeness (QED) is 0.888. The van der Waals surface area contributed by atoms with Crippen molar-refractivity contribution >= 4 is 40.6 Å². The summed E-state index contributed by atoms with van der Waals surface area (Å²) in [5.41, 5.74) is 2.34. The zero-order chi connectivity index (χ0) is 14.9. The van der Waals surface area contributed by atoms with Crippen LogP contribution in [0.3, 0.4) is 0 Å². The number of rotatable bonds is 4. The number of carbonyl (C=O) groups is 2.